The van der Waals surface area contributed by atoms with Crippen molar-refractivity contribution in [1.82, 2.24) is 9.97 Å². The molecule has 2 rings (SSSR count). The second-order valence-electron chi connectivity index (χ2n) is 4.41. The highest BCUT2D eigenvalue weighted by Gasteiger charge is 2.27. The predicted molar refractivity (Wildman–Crippen MR) is 78.4 cm³/mol. The smallest absolute Gasteiger partial charge is 0.338 e. The van der Waals surface area contributed by atoms with E-state index in [9.17, 15) is 4.57 Å². The Bertz CT molecular complexity index is 501. The third-order valence-corrected chi connectivity index (χ3v) is 5.06. The van der Waals surface area contributed by atoms with Gasteiger partial charge < -0.3 is 13.9 Å². The summed E-state index contributed by atoms with van der Waals surface area (Å²) in [6, 6.07) is 1.72. The summed E-state index contributed by atoms with van der Waals surface area (Å²) in [7, 11) is -3.20. The van der Waals surface area contributed by atoms with Crippen LogP contribution in [0, 0.1) is 0 Å². The number of anilines is 1. The van der Waals surface area contributed by atoms with Crippen molar-refractivity contribution in [1.29, 1.82) is 0 Å². The van der Waals surface area contributed by atoms with Crippen LogP contribution in [-0.2, 0) is 19.8 Å². The number of hydrogen-bond acceptors (Lipinski definition) is 6. The van der Waals surface area contributed by atoms with Crippen molar-refractivity contribution in [2.24, 2.45) is 0 Å². The zero-order valence-electron chi connectivity index (χ0n) is 11.7. The second-order valence-corrected chi connectivity index (χ2v) is 6.85. The van der Waals surface area contributed by atoms with Crippen LogP contribution in [0.4, 0.5) is 5.82 Å². The number of aromatic nitrogens is 2. The summed E-state index contributed by atoms with van der Waals surface area (Å²) in [5, 5.41) is 0.344. The molecule has 1 aliphatic rings. The molecule has 0 radical (unpaired) electrons. The molecule has 1 aliphatic heterocycles. The summed E-state index contributed by atoms with van der Waals surface area (Å²) in [6.07, 6.45) is 1.18. The Morgan fingerprint density at radius 3 is 2.45 bits per heavy atom. The van der Waals surface area contributed by atoms with Crippen molar-refractivity contribution < 1.29 is 13.6 Å². The summed E-state index contributed by atoms with van der Waals surface area (Å²) in [5.41, 5.74) is 0. The van der Waals surface area contributed by atoms with Gasteiger partial charge in [0, 0.05) is 19.2 Å². The van der Waals surface area contributed by atoms with Gasteiger partial charge in [-0.2, -0.15) is 0 Å². The van der Waals surface area contributed by atoms with Crippen LogP contribution in [0.15, 0.2) is 6.07 Å². The van der Waals surface area contributed by atoms with Crippen molar-refractivity contribution in [3.63, 3.8) is 0 Å². The standard InChI is InChI=1S/C12H19ClN3O3P/c1-3-18-20(17,19-4-2)9-11-14-10(13)8-12(15-11)16-6-5-7-16/h8H,3-7,9H2,1-2H3. The van der Waals surface area contributed by atoms with Crippen molar-refractivity contribution in [3.8, 4) is 0 Å². The molecule has 1 aromatic rings. The van der Waals surface area contributed by atoms with Gasteiger partial charge in [-0.3, -0.25) is 4.57 Å². The van der Waals surface area contributed by atoms with Gasteiger partial charge in [-0.1, -0.05) is 11.6 Å². The van der Waals surface area contributed by atoms with Gasteiger partial charge in [-0.05, 0) is 20.3 Å². The molecular weight excluding hydrogens is 301 g/mol. The van der Waals surface area contributed by atoms with Crippen molar-refractivity contribution in [3.05, 3.63) is 17.0 Å². The van der Waals surface area contributed by atoms with Crippen molar-refractivity contribution in [2.45, 2.75) is 26.4 Å². The molecule has 0 saturated carbocycles. The van der Waals surface area contributed by atoms with Gasteiger partial charge in [0.25, 0.3) is 0 Å². The predicted octanol–water partition coefficient (Wildman–Crippen LogP) is 3.11. The van der Waals surface area contributed by atoms with Gasteiger partial charge in [0.1, 0.15) is 23.0 Å². The van der Waals surface area contributed by atoms with E-state index in [0.29, 0.717) is 24.2 Å². The van der Waals surface area contributed by atoms with E-state index in [2.05, 4.69) is 14.9 Å². The van der Waals surface area contributed by atoms with Gasteiger partial charge in [0.2, 0.25) is 0 Å². The summed E-state index contributed by atoms with van der Waals surface area (Å²) in [4.78, 5) is 10.6. The van der Waals surface area contributed by atoms with E-state index in [1.807, 2.05) is 0 Å². The van der Waals surface area contributed by atoms with Gasteiger partial charge in [-0.25, -0.2) is 9.97 Å². The first kappa shape index (κ1) is 15.7. The first-order valence-electron chi connectivity index (χ1n) is 6.73. The molecule has 1 fully saturated rings. The minimum Gasteiger partial charge on any atom is -0.356 e. The van der Waals surface area contributed by atoms with E-state index < -0.39 is 7.60 Å². The fourth-order valence-corrected chi connectivity index (χ4v) is 3.65. The fraction of sp³-hybridized carbons (Fsp3) is 0.667. The summed E-state index contributed by atoms with van der Waals surface area (Å²) < 4.78 is 23.0. The minimum absolute atomic E-state index is 0.0378. The van der Waals surface area contributed by atoms with Crippen LogP contribution in [0.2, 0.25) is 5.15 Å². The maximum atomic E-state index is 12.5. The average molecular weight is 320 g/mol. The Hall–Kier alpha value is -0.680. The molecule has 2 heterocycles. The van der Waals surface area contributed by atoms with Crippen LogP contribution in [-0.4, -0.2) is 36.3 Å². The fourth-order valence-electron chi connectivity index (χ4n) is 1.92. The van der Waals surface area contributed by atoms with Gasteiger partial charge in [-0.15, -0.1) is 0 Å². The molecule has 1 aromatic heterocycles. The Morgan fingerprint density at radius 2 is 1.95 bits per heavy atom. The maximum absolute atomic E-state index is 12.5. The molecule has 0 aliphatic carbocycles. The van der Waals surface area contributed by atoms with Gasteiger partial charge >= 0.3 is 7.60 Å². The molecule has 0 N–H and O–H groups in total. The molecule has 0 amide bonds. The third-order valence-electron chi connectivity index (χ3n) is 2.89. The zero-order chi connectivity index (χ0) is 14.6. The highest BCUT2D eigenvalue weighted by Crippen LogP contribution is 2.50. The van der Waals surface area contributed by atoms with Crippen LogP contribution in [0.1, 0.15) is 26.1 Å². The highest BCUT2D eigenvalue weighted by atomic mass is 35.5. The lowest BCUT2D eigenvalue weighted by molar-refractivity contribution is 0.218. The number of halogens is 1. The van der Waals surface area contributed by atoms with E-state index in [0.717, 1.165) is 25.3 Å². The quantitative estimate of drug-likeness (QED) is 0.568. The van der Waals surface area contributed by atoms with E-state index in [1.165, 1.54) is 0 Å². The normalized spacial score (nSPS) is 15.2. The largest absolute Gasteiger partial charge is 0.356 e. The van der Waals surface area contributed by atoms with Crippen LogP contribution in [0.25, 0.3) is 0 Å². The molecule has 0 bridgehead atoms. The first-order valence-corrected chi connectivity index (χ1v) is 8.83. The Balaban J connectivity index is 2.18. The molecule has 6 nitrogen and oxygen atoms in total. The Labute approximate surface area is 124 Å². The molecule has 112 valence electrons. The lowest BCUT2D eigenvalue weighted by Gasteiger charge is -2.32. The molecular formula is C12H19ClN3O3P. The van der Waals surface area contributed by atoms with Crippen LogP contribution < -0.4 is 4.90 Å². The molecule has 0 unspecified atom stereocenters. The second kappa shape index (κ2) is 6.85. The Kier molecular flexibility index (Phi) is 5.38. The van der Waals surface area contributed by atoms with Gasteiger partial charge in [0.15, 0.2) is 0 Å². The van der Waals surface area contributed by atoms with Gasteiger partial charge in [0.05, 0.1) is 13.2 Å². The molecule has 0 aromatic carbocycles. The van der Waals surface area contributed by atoms with E-state index >= 15 is 0 Å². The maximum Gasteiger partial charge on any atom is 0.338 e. The lowest BCUT2D eigenvalue weighted by Crippen LogP contribution is -2.37. The number of rotatable bonds is 7. The van der Waals surface area contributed by atoms with Crippen LogP contribution in [0.3, 0.4) is 0 Å². The SMILES string of the molecule is CCOP(=O)(Cc1nc(Cl)cc(N2CCC2)n1)OCC. The number of hydrogen-bond donors (Lipinski definition) is 0. The van der Waals surface area contributed by atoms with Crippen LogP contribution >= 0.6 is 19.2 Å². The van der Waals surface area contributed by atoms with Crippen LogP contribution in [0.5, 0.6) is 0 Å². The zero-order valence-corrected chi connectivity index (χ0v) is 13.4. The summed E-state index contributed by atoms with van der Waals surface area (Å²) >= 11 is 6.01. The van der Waals surface area contributed by atoms with E-state index in [-0.39, 0.29) is 6.16 Å². The highest BCUT2D eigenvalue weighted by molar-refractivity contribution is 7.53. The molecule has 0 atom stereocenters. The first-order chi connectivity index (χ1) is 9.56. The minimum atomic E-state index is -3.20. The van der Waals surface area contributed by atoms with E-state index in [4.69, 9.17) is 20.6 Å². The number of nitrogens with zero attached hydrogens (tertiary/aromatic N) is 3. The monoisotopic (exact) mass is 319 g/mol. The van der Waals surface area contributed by atoms with E-state index in [1.54, 1.807) is 19.9 Å². The third kappa shape index (κ3) is 3.92. The van der Waals surface area contributed by atoms with Crippen molar-refractivity contribution >= 4 is 25.0 Å². The summed E-state index contributed by atoms with van der Waals surface area (Å²) in [6.45, 7) is 6.10. The topological polar surface area (TPSA) is 64.5 Å². The molecule has 1 saturated heterocycles. The molecule has 20 heavy (non-hydrogen) atoms. The summed E-state index contributed by atoms with van der Waals surface area (Å²) in [5.74, 6) is 1.16. The van der Waals surface area contributed by atoms with Crippen molar-refractivity contribution in [2.75, 3.05) is 31.2 Å². The average Bonchev–Trinajstić information content (AvgIpc) is 2.25. The molecule has 8 heteroatoms. The lowest BCUT2D eigenvalue weighted by atomic mass is 10.2. The molecule has 0 spiro atoms. The Morgan fingerprint density at radius 1 is 1.30 bits per heavy atom.